The third kappa shape index (κ3) is 4.35. The molecular formula is C17H11ClFN3O5S. The minimum atomic E-state index is -4.30. The number of halogens is 2. The number of carbonyl (C=O) groups is 1. The molecule has 3 aromatic rings. The molecule has 2 aromatic carbocycles. The van der Waals surface area contributed by atoms with Gasteiger partial charge < -0.3 is 9.84 Å². The molecule has 1 heterocycles. The molecule has 0 bridgehead atoms. The first-order valence-corrected chi connectivity index (χ1v) is 9.41. The molecule has 0 atom stereocenters. The van der Waals surface area contributed by atoms with Gasteiger partial charge in [-0.1, -0.05) is 17.7 Å². The van der Waals surface area contributed by atoms with Gasteiger partial charge in [0.1, 0.15) is 16.5 Å². The zero-order valence-corrected chi connectivity index (χ0v) is 15.4. The van der Waals surface area contributed by atoms with E-state index < -0.39 is 37.3 Å². The maximum absolute atomic E-state index is 13.6. The Morgan fingerprint density at radius 1 is 1.21 bits per heavy atom. The van der Waals surface area contributed by atoms with Gasteiger partial charge in [0, 0.05) is 18.5 Å². The van der Waals surface area contributed by atoms with Crippen molar-refractivity contribution >= 4 is 33.3 Å². The Morgan fingerprint density at radius 3 is 2.68 bits per heavy atom. The quantitative estimate of drug-likeness (QED) is 0.622. The number of anilines is 1. The first-order chi connectivity index (χ1) is 13.3. The van der Waals surface area contributed by atoms with Crippen molar-refractivity contribution in [2.75, 3.05) is 4.72 Å². The van der Waals surface area contributed by atoms with Crippen LogP contribution in [0, 0.1) is 5.82 Å². The fourth-order valence-corrected chi connectivity index (χ4v) is 3.78. The van der Waals surface area contributed by atoms with Crippen molar-refractivity contribution in [2.45, 2.75) is 4.90 Å². The van der Waals surface area contributed by atoms with Crippen LogP contribution in [-0.2, 0) is 10.0 Å². The molecule has 0 saturated heterocycles. The van der Waals surface area contributed by atoms with Gasteiger partial charge in [-0.25, -0.2) is 22.6 Å². The summed E-state index contributed by atoms with van der Waals surface area (Å²) in [6.45, 7) is 0. The van der Waals surface area contributed by atoms with Gasteiger partial charge in [0.25, 0.3) is 10.0 Å². The Hall–Kier alpha value is -3.24. The summed E-state index contributed by atoms with van der Waals surface area (Å²) in [4.78, 5) is 18.3. The van der Waals surface area contributed by atoms with E-state index in [1.54, 1.807) is 6.07 Å². The number of carboxylic acid groups (broad SMARTS) is 1. The first kappa shape index (κ1) is 19.5. The molecule has 0 unspecified atom stereocenters. The van der Waals surface area contributed by atoms with Crippen molar-refractivity contribution in [3.63, 3.8) is 0 Å². The van der Waals surface area contributed by atoms with Crippen LogP contribution in [0.2, 0.25) is 5.02 Å². The van der Waals surface area contributed by atoms with Gasteiger partial charge in [-0.2, -0.15) is 0 Å². The molecular weight excluding hydrogens is 413 g/mol. The minimum absolute atomic E-state index is 0.110. The zero-order chi connectivity index (χ0) is 20.3. The Bertz CT molecular complexity index is 1140. The smallest absolute Gasteiger partial charge is 0.338 e. The Morgan fingerprint density at radius 2 is 2.00 bits per heavy atom. The topological polar surface area (TPSA) is 118 Å². The summed E-state index contributed by atoms with van der Waals surface area (Å²) in [6, 6.07) is 7.20. The molecule has 2 N–H and O–H groups in total. The number of aromatic carboxylic acids is 1. The van der Waals surface area contributed by atoms with Crippen molar-refractivity contribution in [1.82, 2.24) is 9.97 Å². The maximum atomic E-state index is 13.6. The Kier molecular flexibility index (Phi) is 5.43. The summed E-state index contributed by atoms with van der Waals surface area (Å²) in [5.41, 5.74) is -0.705. The number of ether oxygens (including phenoxy) is 1. The summed E-state index contributed by atoms with van der Waals surface area (Å²) in [6.07, 6.45) is 4.27. The van der Waals surface area contributed by atoms with Crippen LogP contribution in [0.25, 0.3) is 0 Å². The van der Waals surface area contributed by atoms with Gasteiger partial charge in [-0.3, -0.25) is 9.71 Å². The van der Waals surface area contributed by atoms with Gasteiger partial charge >= 0.3 is 5.97 Å². The second-order valence-electron chi connectivity index (χ2n) is 5.35. The molecule has 1 aromatic heterocycles. The van der Waals surface area contributed by atoms with E-state index in [0.717, 1.165) is 0 Å². The summed E-state index contributed by atoms with van der Waals surface area (Å²) in [5, 5.41) is 8.53. The summed E-state index contributed by atoms with van der Waals surface area (Å²) in [7, 11) is -4.30. The lowest BCUT2D eigenvalue weighted by Gasteiger charge is -2.12. The molecule has 11 heteroatoms. The predicted octanol–water partition coefficient (Wildman–Crippen LogP) is 3.56. The van der Waals surface area contributed by atoms with Crippen LogP contribution in [0.1, 0.15) is 10.4 Å². The molecule has 0 aliphatic rings. The Labute approximate surface area is 163 Å². The van der Waals surface area contributed by atoms with Crippen LogP contribution in [0.15, 0.2) is 59.9 Å². The lowest BCUT2D eigenvalue weighted by Crippen LogP contribution is -2.15. The number of benzene rings is 2. The van der Waals surface area contributed by atoms with E-state index in [4.69, 9.17) is 21.4 Å². The second kappa shape index (κ2) is 7.79. The molecule has 0 aliphatic heterocycles. The number of nitrogens with one attached hydrogen (secondary N) is 1. The van der Waals surface area contributed by atoms with E-state index in [-0.39, 0.29) is 17.3 Å². The van der Waals surface area contributed by atoms with Crippen molar-refractivity contribution in [2.24, 2.45) is 0 Å². The van der Waals surface area contributed by atoms with Crippen molar-refractivity contribution in [3.05, 3.63) is 71.4 Å². The van der Waals surface area contributed by atoms with Crippen LogP contribution in [0.5, 0.6) is 11.6 Å². The lowest BCUT2D eigenvalue weighted by atomic mass is 10.2. The lowest BCUT2D eigenvalue weighted by molar-refractivity contribution is 0.0691. The van der Waals surface area contributed by atoms with E-state index in [0.29, 0.717) is 12.1 Å². The van der Waals surface area contributed by atoms with E-state index >= 15 is 0 Å². The highest BCUT2D eigenvalue weighted by atomic mass is 35.5. The monoisotopic (exact) mass is 423 g/mol. The van der Waals surface area contributed by atoms with E-state index in [1.807, 2.05) is 0 Å². The van der Waals surface area contributed by atoms with E-state index in [1.165, 1.54) is 36.8 Å². The van der Waals surface area contributed by atoms with Crippen LogP contribution >= 0.6 is 11.6 Å². The Balaban J connectivity index is 1.90. The minimum Gasteiger partial charge on any atom is -0.478 e. The van der Waals surface area contributed by atoms with Crippen molar-refractivity contribution in [1.29, 1.82) is 0 Å². The molecule has 8 nitrogen and oxygen atoms in total. The third-order valence-corrected chi connectivity index (χ3v) is 5.24. The first-order valence-electron chi connectivity index (χ1n) is 7.55. The maximum Gasteiger partial charge on any atom is 0.338 e. The fraction of sp³-hybridized carbons (Fsp3) is 0. The number of aromatic nitrogens is 2. The molecule has 0 fully saturated rings. The van der Waals surface area contributed by atoms with Crippen molar-refractivity contribution < 1.29 is 27.4 Å². The normalized spacial score (nSPS) is 11.1. The van der Waals surface area contributed by atoms with Crippen LogP contribution in [0.3, 0.4) is 0 Å². The molecule has 0 spiro atoms. The molecule has 0 radical (unpaired) electrons. The van der Waals surface area contributed by atoms with Gasteiger partial charge in [-0.15, -0.1) is 0 Å². The number of hydrogen-bond donors (Lipinski definition) is 2. The largest absolute Gasteiger partial charge is 0.478 e. The van der Waals surface area contributed by atoms with Crippen LogP contribution in [-0.4, -0.2) is 29.5 Å². The summed E-state index contributed by atoms with van der Waals surface area (Å²) >= 11 is 5.80. The molecule has 0 saturated carbocycles. The highest BCUT2D eigenvalue weighted by Gasteiger charge is 2.23. The zero-order valence-electron chi connectivity index (χ0n) is 13.8. The van der Waals surface area contributed by atoms with Gasteiger partial charge in [0.15, 0.2) is 0 Å². The standard InChI is InChI=1S/C17H11ClFN3O5S/c18-13-8-14(19)12(17(23)24)7-15(13)28(25,26)22-10-2-1-3-11(6-10)27-16-9-20-4-5-21-16/h1-9,22H,(H,23,24). The molecule has 28 heavy (non-hydrogen) atoms. The predicted molar refractivity (Wildman–Crippen MR) is 97.7 cm³/mol. The summed E-state index contributed by atoms with van der Waals surface area (Å²) < 4.78 is 46.6. The second-order valence-corrected chi connectivity index (χ2v) is 7.40. The molecule has 0 aliphatic carbocycles. The number of nitrogens with zero attached hydrogens (tertiary/aromatic N) is 2. The highest BCUT2D eigenvalue weighted by molar-refractivity contribution is 7.92. The third-order valence-electron chi connectivity index (χ3n) is 3.39. The summed E-state index contributed by atoms with van der Waals surface area (Å²) in [5.74, 6) is -2.28. The van der Waals surface area contributed by atoms with Gasteiger partial charge in [0.05, 0.1) is 22.5 Å². The number of hydrogen-bond acceptors (Lipinski definition) is 6. The number of sulfonamides is 1. The average molecular weight is 424 g/mol. The van der Waals surface area contributed by atoms with Crippen LogP contribution < -0.4 is 9.46 Å². The van der Waals surface area contributed by atoms with E-state index in [2.05, 4.69) is 14.7 Å². The highest BCUT2D eigenvalue weighted by Crippen LogP contribution is 2.28. The fourth-order valence-electron chi connectivity index (χ4n) is 2.19. The molecule has 0 amide bonds. The van der Waals surface area contributed by atoms with Gasteiger partial charge in [-0.05, 0) is 24.3 Å². The molecule has 3 rings (SSSR count). The van der Waals surface area contributed by atoms with Crippen molar-refractivity contribution in [3.8, 4) is 11.6 Å². The van der Waals surface area contributed by atoms with Gasteiger partial charge in [0.2, 0.25) is 5.88 Å². The number of carboxylic acids is 1. The average Bonchev–Trinajstić information content (AvgIpc) is 2.62. The number of rotatable bonds is 6. The van der Waals surface area contributed by atoms with Crippen LogP contribution in [0.4, 0.5) is 10.1 Å². The molecule has 144 valence electrons. The van der Waals surface area contributed by atoms with E-state index in [9.17, 15) is 17.6 Å². The SMILES string of the molecule is O=C(O)c1cc(S(=O)(=O)Nc2cccc(Oc3cnccn3)c2)c(Cl)cc1F.